The molecule has 14 heavy (non-hydrogen) atoms. The summed E-state index contributed by atoms with van der Waals surface area (Å²) in [4.78, 5) is 6.60. The lowest BCUT2D eigenvalue weighted by Crippen LogP contribution is -2.21. The number of halogens is 1. The van der Waals surface area contributed by atoms with E-state index in [-0.39, 0.29) is 0 Å². The van der Waals surface area contributed by atoms with E-state index in [1.165, 1.54) is 0 Å². The molecule has 1 aromatic rings. The molecule has 2 rings (SSSR count). The molecule has 0 unspecified atom stereocenters. The van der Waals surface area contributed by atoms with E-state index in [2.05, 4.69) is 38.5 Å². The van der Waals surface area contributed by atoms with Crippen LogP contribution in [-0.2, 0) is 0 Å². The van der Waals surface area contributed by atoms with Gasteiger partial charge in [-0.2, -0.15) is 0 Å². The molecule has 0 aromatic carbocycles. The lowest BCUT2D eigenvalue weighted by Gasteiger charge is -2.16. The van der Waals surface area contributed by atoms with Crippen molar-refractivity contribution in [2.45, 2.75) is 6.42 Å². The highest BCUT2D eigenvalue weighted by atomic mass is 127. The molecule has 1 aliphatic heterocycles. The molecule has 1 saturated heterocycles. The Balaban J connectivity index is 2.06. The van der Waals surface area contributed by atoms with Gasteiger partial charge in [-0.15, -0.1) is 0 Å². The fourth-order valence-corrected chi connectivity index (χ4v) is 2.06. The number of anilines is 1. The molecule has 1 aromatic heterocycles. The Morgan fingerprint density at radius 1 is 1.57 bits per heavy atom. The van der Waals surface area contributed by atoms with Gasteiger partial charge in [0.05, 0.1) is 0 Å². The first-order valence-electron chi connectivity index (χ1n) is 4.77. The third-order valence-electron chi connectivity index (χ3n) is 2.58. The number of aromatic nitrogens is 1. The van der Waals surface area contributed by atoms with Crippen LogP contribution in [0.4, 0.5) is 5.82 Å². The number of nitrogens with zero attached hydrogens (tertiary/aromatic N) is 2. The zero-order valence-electron chi connectivity index (χ0n) is 7.86. The summed E-state index contributed by atoms with van der Waals surface area (Å²) < 4.78 is 1.16. The van der Waals surface area contributed by atoms with Crippen molar-refractivity contribution in [2.75, 3.05) is 24.6 Å². The average molecular weight is 304 g/mol. The fraction of sp³-hybridized carbons (Fsp3) is 0.500. The highest BCUT2D eigenvalue weighted by Crippen LogP contribution is 2.21. The molecule has 2 heterocycles. The van der Waals surface area contributed by atoms with E-state index in [0.29, 0.717) is 12.5 Å². The Morgan fingerprint density at radius 2 is 2.43 bits per heavy atom. The van der Waals surface area contributed by atoms with Gasteiger partial charge < -0.3 is 10.0 Å². The van der Waals surface area contributed by atoms with E-state index in [9.17, 15) is 0 Å². The van der Waals surface area contributed by atoms with Crippen LogP contribution in [0.25, 0.3) is 0 Å². The van der Waals surface area contributed by atoms with Crippen LogP contribution in [0.1, 0.15) is 6.42 Å². The second kappa shape index (κ2) is 4.44. The van der Waals surface area contributed by atoms with Gasteiger partial charge in [0, 0.05) is 35.4 Å². The van der Waals surface area contributed by atoms with Gasteiger partial charge in [0.1, 0.15) is 5.82 Å². The molecular formula is C10H13IN2O. The van der Waals surface area contributed by atoms with Crippen LogP contribution in [0.15, 0.2) is 18.3 Å². The maximum absolute atomic E-state index is 9.03. The van der Waals surface area contributed by atoms with Gasteiger partial charge in [0.2, 0.25) is 0 Å². The molecule has 76 valence electrons. The van der Waals surface area contributed by atoms with Crippen molar-refractivity contribution < 1.29 is 5.11 Å². The maximum Gasteiger partial charge on any atom is 0.128 e. The molecule has 3 nitrogen and oxygen atoms in total. The molecule has 1 N–H and O–H groups in total. The van der Waals surface area contributed by atoms with E-state index in [0.717, 1.165) is 28.9 Å². The van der Waals surface area contributed by atoms with Crippen molar-refractivity contribution in [2.24, 2.45) is 5.92 Å². The molecule has 1 fully saturated rings. The molecule has 0 amide bonds. The lowest BCUT2D eigenvalue weighted by atomic mass is 10.1. The Bertz CT molecular complexity index is 301. The summed E-state index contributed by atoms with van der Waals surface area (Å²) in [6.07, 6.45) is 2.95. The smallest absolute Gasteiger partial charge is 0.128 e. The fourth-order valence-electron chi connectivity index (χ4n) is 1.74. The second-order valence-electron chi connectivity index (χ2n) is 3.62. The molecule has 0 spiro atoms. The van der Waals surface area contributed by atoms with Gasteiger partial charge in [0.25, 0.3) is 0 Å². The third kappa shape index (κ3) is 2.17. The van der Waals surface area contributed by atoms with Crippen molar-refractivity contribution >= 4 is 28.4 Å². The van der Waals surface area contributed by atoms with Crippen LogP contribution in [0.5, 0.6) is 0 Å². The molecule has 1 aliphatic rings. The number of hydrogen-bond acceptors (Lipinski definition) is 3. The van der Waals surface area contributed by atoms with Gasteiger partial charge in [-0.3, -0.25) is 0 Å². The predicted molar refractivity (Wildman–Crippen MR) is 64.4 cm³/mol. The van der Waals surface area contributed by atoms with Crippen LogP contribution >= 0.6 is 22.6 Å². The number of hydrogen-bond donors (Lipinski definition) is 1. The van der Waals surface area contributed by atoms with Gasteiger partial charge in [0.15, 0.2) is 0 Å². The van der Waals surface area contributed by atoms with Gasteiger partial charge in [-0.1, -0.05) is 0 Å². The van der Waals surface area contributed by atoms with Gasteiger partial charge in [-0.25, -0.2) is 4.98 Å². The largest absolute Gasteiger partial charge is 0.396 e. The van der Waals surface area contributed by atoms with E-state index in [1.807, 2.05) is 12.3 Å². The topological polar surface area (TPSA) is 36.4 Å². The van der Waals surface area contributed by atoms with Crippen molar-refractivity contribution in [3.63, 3.8) is 0 Å². The first-order chi connectivity index (χ1) is 6.79. The molecule has 1 atom stereocenters. The quantitative estimate of drug-likeness (QED) is 0.841. The van der Waals surface area contributed by atoms with Crippen LogP contribution in [-0.4, -0.2) is 29.8 Å². The molecule has 4 heteroatoms. The Morgan fingerprint density at radius 3 is 3.00 bits per heavy atom. The average Bonchev–Trinajstić information content (AvgIpc) is 2.67. The lowest BCUT2D eigenvalue weighted by molar-refractivity contribution is 0.238. The van der Waals surface area contributed by atoms with Gasteiger partial charge >= 0.3 is 0 Å². The highest BCUT2D eigenvalue weighted by molar-refractivity contribution is 14.1. The Kier molecular flexibility index (Phi) is 3.22. The van der Waals surface area contributed by atoms with Crippen molar-refractivity contribution in [3.8, 4) is 0 Å². The highest BCUT2D eigenvalue weighted by Gasteiger charge is 2.22. The molecule has 0 saturated carbocycles. The normalized spacial score (nSPS) is 21.6. The summed E-state index contributed by atoms with van der Waals surface area (Å²) in [6.45, 7) is 2.24. The molecule has 0 bridgehead atoms. The Hall–Kier alpha value is -0.360. The first-order valence-corrected chi connectivity index (χ1v) is 5.85. The second-order valence-corrected chi connectivity index (χ2v) is 4.86. The van der Waals surface area contributed by atoms with Crippen molar-refractivity contribution in [3.05, 3.63) is 21.9 Å². The number of aliphatic hydroxyl groups is 1. The monoisotopic (exact) mass is 304 g/mol. The maximum atomic E-state index is 9.03. The first kappa shape index (κ1) is 10.2. The van der Waals surface area contributed by atoms with Crippen LogP contribution in [0.2, 0.25) is 0 Å². The SMILES string of the molecule is OC[C@H]1CCN(c2ccc(I)cn2)C1. The van der Waals surface area contributed by atoms with Crippen molar-refractivity contribution in [1.82, 2.24) is 4.98 Å². The van der Waals surface area contributed by atoms with Crippen LogP contribution in [0.3, 0.4) is 0 Å². The van der Waals surface area contributed by atoms with E-state index < -0.39 is 0 Å². The van der Waals surface area contributed by atoms with Crippen LogP contribution < -0.4 is 4.90 Å². The Labute approximate surface area is 97.3 Å². The minimum atomic E-state index is 0.293. The minimum Gasteiger partial charge on any atom is -0.396 e. The number of rotatable bonds is 2. The summed E-state index contributed by atoms with van der Waals surface area (Å²) >= 11 is 2.25. The molecular weight excluding hydrogens is 291 g/mol. The zero-order valence-corrected chi connectivity index (χ0v) is 10.0. The van der Waals surface area contributed by atoms with Crippen molar-refractivity contribution in [1.29, 1.82) is 0 Å². The van der Waals surface area contributed by atoms with E-state index >= 15 is 0 Å². The van der Waals surface area contributed by atoms with Crippen LogP contribution in [0, 0.1) is 9.49 Å². The van der Waals surface area contributed by atoms with E-state index in [1.54, 1.807) is 0 Å². The molecule has 0 aliphatic carbocycles. The van der Waals surface area contributed by atoms with E-state index in [4.69, 9.17) is 5.11 Å². The summed E-state index contributed by atoms with van der Waals surface area (Å²) in [5, 5.41) is 9.03. The standard InChI is InChI=1S/C10H13IN2O/c11-9-1-2-10(12-5-9)13-4-3-8(6-13)7-14/h1-2,5,8,14H,3-4,6-7H2/t8-/m0/s1. The summed E-state index contributed by atoms with van der Waals surface area (Å²) in [6, 6.07) is 4.11. The summed E-state index contributed by atoms with van der Waals surface area (Å²) in [5.74, 6) is 1.46. The zero-order chi connectivity index (χ0) is 9.97. The number of pyridine rings is 1. The minimum absolute atomic E-state index is 0.293. The predicted octanol–water partition coefficient (Wildman–Crippen LogP) is 1.50. The molecule has 0 radical (unpaired) electrons. The third-order valence-corrected chi connectivity index (χ3v) is 3.22. The number of aliphatic hydroxyl groups excluding tert-OH is 1. The van der Waals surface area contributed by atoms with Gasteiger partial charge in [-0.05, 0) is 41.1 Å². The summed E-state index contributed by atoms with van der Waals surface area (Å²) in [7, 11) is 0. The summed E-state index contributed by atoms with van der Waals surface area (Å²) in [5.41, 5.74) is 0.